The van der Waals surface area contributed by atoms with Gasteiger partial charge in [-0.05, 0) is 60.7 Å². The zero-order chi connectivity index (χ0) is 24.9. The van der Waals surface area contributed by atoms with Gasteiger partial charge in [-0.2, -0.15) is 17.2 Å². The third-order valence-electron chi connectivity index (χ3n) is 5.15. The molecule has 0 aliphatic heterocycles. The van der Waals surface area contributed by atoms with Gasteiger partial charge in [0, 0.05) is 22.2 Å². The van der Waals surface area contributed by atoms with Crippen LogP contribution >= 0.6 is 11.6 Å². The molecular weight excluding hydrogens is 501 g/mol. The number of rotatable bonds is 4. The van der Waals surface area contributed by atoms with Gasteiger partial charge in [0.2, 0.25) is 34.8 Å². The molecule has 34 heavy (non-hydrogen) atoms. The van der Waals surface area contributed by atoms with Gasteiger partial charge in [0.25, 0.3) is 0 Å². The first kappa shape index (κ1) is 23.9. The van der Waals surface area contributed by atoms with Crippen LogP contribution in [0.15, 0.2) is 47.5 Å². The molecule has 1 heterocycles. The average molecular weight is 514 g/mol. The van der Waals surface area contributed by atoms with Crippen LogP contribution in [0.4, 0.5) is 22.0 Å². The minimum Gasteiger partial charge on any atom is -0.372 e. The molecule has 4 nitrogen and oxygen atoms in total. The third-order valence-corrected chi connectivity index (χ3v) is 6.77. The topological polar surface area (TPSA) is 56.3 Å². The van der Waals surface area contributed by atoms with Crippen molar-refractivity contribution in [3.05, 3.63) is 87.8 Å². The van der Waals surface area contributed by atoms with E-state index in [9.17, 15) is 30.4 Å². The molecule has 0 bridgehead atoms. The van der Waals surface area contributed by atoms with Crippen LogP contribution in [0.2, 0.25) is 5.02 Å². The lowest BCUT2D eigenvalue weighted by molar-refractivity contribution is 0.346. The Kier molecular flexibility index (Phi) is 5.99. The van der Waals surface area contributed by atoms with Crippen LogP contribution in [0.5, 0.6) is 5.75 Å². The molecule has 0 radical (unpaired) electrons. The highest BCUT2D eigenvalue weighted by molar-refractivity contribution is 7.87. The Labute approximate surface area is 195 Å². The minimum atomic E-state index is -4.97. The van der Waals surface area contributed by atoms with Crippen molar-refractivity contribution in [3.8, 4) is 17.0 Å². The summed E-state index contributed by atoms with van der Waals surface area (Å²) in [5.41, 5.74) is 2.90. The van der Waals surface area contributed by atoms with E-state index in [2.05, 4.69) is 9.17 Å². The van der Waals surface area contributed by atoms with Crippen molar-refractivity contribution in [2.45, 2.75) is 18.7 Å². The van der Waals surface area contributed by atoms with Gasteiger partial charge in [-0.15, -0.1) is 0 Å². The van der Waals surface area contributed by atoms with Crippen molar-refractivity contribution in [2.24, 2.45) is 0 Å². The first-order valence-corrected chi connectivity index (χ1v) is 11.3. The Hall–Kier alpha value is -3.24. The molecule has 176 valence electrons. The van der Waals surface area contributed by atoms with Crippen molar-refractivity contribution in [3.63, 3.8) is 0 Å². The SMILES string of the molecule is Cc1cc(-c2nccc3cc(S(=O)(=O)Oc4c(F)c(F)c(F)c(F)c4F)ccc23)c(C)cc1Cl. The molecule has 3 aromatic carbocycles. The van der Waals surface area contributed by atoms with Gasteiger partial charge in [0.1, 0.15) is 4.90 Å². The molecule has 0 N–H and O–H groups in total. The average Bonchev–Trinajstić information content (AvgIpc) is 2.81. The molecule has 0 unspecified atom stereocenters. The van der Waals surface area contributed by atoms with E-state index in [1.165, 1.54) is 18.3 Å². The molecule has 11 heteroatoms. The van der Waals surface area contributed by atoms with E-state index in [4.69, 9.17) is 11.6 Å². The number of nitrogens with zero attached hydrogens (tertiary/aromatic N) is 1. The molecule has 4 rings (SSSR count). The van der Waals surface area contributed by atoms with Crippen LogP contribution in [0, 0.1) is 42.9 Å². The highest BCUT2D eigenvalue weighted by Gasteiger charge is 2.31. The van der Waals surface area contributed by atoms with Crippen LogP contribution < -0.4 is 4.18 Å². The standard InChI is InChI=1S/C23H13ClF5NO3S/c1-10-8-16(24)11(2)7-15(10)22-14-4-3-13(9-12(14)5-6-30-22)34(31,32)33-23-20(28)18(26)17(25)19(27)21(23)29/h3-9H,1-2H3. The highest BCUT2D eigenvalue weighted by atomic mass is 35.5. The molecule has 1 aromatic heterocycles. The van der Waals surface area contributed by atoms with Crippen molar-refractivity contribution < 1.29 is 34.6 Å². The summed E-state index contributed by atoms with van der Waals surface area (Å²) in [7, 11) is -4.97. The number of fused-ring (bicyclic) bond motifs is 1. The van der Waals surface area contributed by atoms with Crippen LogP contribution in [-0.4, -0.2) is 13.4 Å². The van der Waals surface area contributed by atoms with Crippen molar-refractivity contribution in [1.29, 1.82) is 0 Å². The zero-order valence-electron chi connectivity index (χ0n) is 17.4. The van der Waals surface area contributed by atoms with E-state index < -0.39 is 49.8 Å². The predicted octanol–water partition coefficient (Wildman–Crippen LogP) is 6.64. The number of aromatic nitrogens is 1. The Morgan fingerprint density at radius 1 is 0.824 bits per heavy atom. The molecule has 0 spiro atoms. The quantitative estimate of drug-likeness (QED) is 0.133. The summed E-state index contributed by atoms with van der Waals surface area (Å²) in [6, 6.07) is 8.71. The smallest absolute Gasteiger partial charge is 0.339 e. The molecule has 0 saturated carbocycles. The van der Waals surface area contributed by atoms with Crippen LogP contribution in [0.3, 0.4) is 0 Å². The summed E-state index contributed by atoms with van der Waals surface area (Å²) in [5.74, 6) is -13.8. The molecule has 4 aromatic rings. The van der Waals surface area contributed by atoms with Gasteiger partial charge in [0.05, 0.1) is 5.69 Å². The maximum absolute atomic E-state index is 13.9. The number of benzene rings is 3. The van der Waals surface area contributed by atoms with Crippen molar-refractivity contribution in [1.82, 2.24) is 4.98 Å². The summed E-state index contributed by atoms with van der Waals surface area (Å²) < 4.78 is 97.5. The maximum Gasteiger partial charge on any atom is 0.339 e. The number of pyridine rings is 1. The molecule has 0 aliphatic rings. The third kappa shape index (κ3) is 3.97. The lowest BCUT2D eigenvalue weighted by Crippen LogP contribution is -2.14. The highest BCUT2D eigenvalue weighted by Crippen LogP contribution is 2.35. The van der Waals surface area contributed by atoms with Crippen LogP contribution in [0.25, 0.3) is 22.0 Å². The second-order valence-corrected chi connectivity index (χ2v) is 9.35. The summed E-state index contributed by atoms with van der Waals surface area (Å²) in [6.07, 6.45) is 1.43. The zero-order valence-corrected chi connectivity index (χ0v) is 19.0. The summed E-state index contributed by atoms with van der Waals surface area (Å²) >= 11 is 6.16. The normalized spacial score (nSPS) is 11.8. The molecular formula is C23H13ClF5NO3S. The van der Waals surface area contributed by atoms with Gasteiger partial charge in [-0.3, -0.25) is 4.98 Å². The van der Waals surface area contributed by atoms with E-state index in [0.717, 1.165) is 28.8 Å². The number of halogens is 6. The van der Waals surface area contributed by atoms with Gasteiger partial charge in [0.15, 0.2) is 0 Å². The van der Waals surface area contributed by atoms with E-state index in [1.807, 2.05) is 19.9 Å². The molecule has 0 aliphatic carbocycles. The van der Waals surface area contributed by atoms with Crippen LogP contribution in [-0.2, 0) is 10.1 Å². The van der Waals surface area contributed by atoms with E-state index in [-0.39, 0.29) is 0 Å². The van der Waals surface area contributed by atoms with E-state index in [1.54, 1.807) is 6.07 Å². The molecule has 0 fully saturated rings. The van der Waals surface area contributed by atoms with Crippen molar-refractivity contribution >= 4 is 32.5 Å². The second-order valence-electron chi connectivity index (χ2n) is 7.40. The molecule has 0 atom stereocenters. The number of aryl methyl sites for hydroxylation is 2. The fourth-order valence-corrected chi connectivity index (χ4v) is 4.56. The first-order chi connectivity index (χ1) is 15.9. The number of hydrogen-bond acceptors (Lipinski definition) is 4. The van der Waals surface area contributed by atoms with Crippen molar-refractivity contribution in [2.75, 3.05) is 0 Å². The van der Waals surface area contributed by atoms with E-state index in [0.29, 0.717) is 21.5 Å². The predicted molar refractivity (Wildman–Crippen MR) is 116 cm³/mol. The summed E-state index contributed by atoms with van der Waals surface area (Å²) in [6.45, 7) is 3.65. The largest absolute Gasteiger partial charge is 0.372 e. The monoisotopic (exact) mass is 513 g/mol. The number of hydrogen-bond donors (Lipinski definition) is 0. The Morgan fingerprint density at radius 2 is 1.44 bits per heavy atom. The lowest BCUT2D eigenvalue weighted by Gasteiger charge is -2.13. The van der Waals surface area contributed by atoms with Gasteiger partial charge < -0.3 is 4.18 Å². The Bertz CT molecular complexity index is 1560. The molecule has 0 saturated heterocycles. The Morgan fingerprint density at radius 3 is 2.09 bits per heavy atom. The molecule has 0 amide bonds. The van der Waals surface area contributed by atoms with Gasteiger partial charge >= 0.3 is 10.1 Å². The summed E-state index contributed by atoms with van der Waals surface area (Å²) in [5, 5.41) is 1.49. The van der Waals surface area contributed by atoms with Crippen LogP contribution in [0.1, 0.15) is 11.1 Å². The first-order valence-electron chi connectivity index (χ1n) is 9.54. The fourth-order valence-electron chi connectivity index (χ4n) is 3.38. The second kappa shape index (κ2) is 8.52. The van der Waals surface area contributed by atoms with Gasteiger partial charge in [-0.1, -0.05) is 17.7 Å². The van der Waals surface area contributed by atoms with E-state index >= 15 is 0 Å². The lowest BCUT2D eigenvalue weighted by atomic mass is 9.98. The maximum atomic E-state index is 13.9. The Balaban J connectivity index is 1.81. The van der Waals surface area contributed by atoms with Gasteiger partial charge in [-0.25, -0.2) is 13.2 Å². The fraction of sp³-hybridized carbons (Fsp3) is 0.0870. The minimum absolute atomic E-state index is 0.374. The summed E-state index contributed by atoms with van der Waals surface area (Å²) in [4.78, 5) is 3.81.